The lowest BCUT2D eigenvalue weighted by molar-refractivity contribution is -0.167. The molecule has 0 aliphatic heterocycles. The van der Waals surface area contributed by atoms with Crippen molar-refractivity contribution in [1.82, 2.24) is 0 Å². The molecule has 374 valence electrons. The summed E-state index contributed by atoms with van der Waals surface area (Å²) in [6.07, 6.45) is 72.3. The van der Waals surface area contributed by atoms with Gasteiger partial charge in [0, 0.05) is 19.3 Å². The standard InChI is InChI=1S/C60H98O6/c1-4-7-10-13-16-19-22-25-28-30-32-35-38-41-44-47-50-53-59(62)65-56-57(55-64-58(61)52-49-46-43-40-37-34-27-24-21-18-15-12-9-6-3)66-60(63)54-51-48-45-42-39-36-33-31-29-26-23-20-17-14-11-8-5-2/h9,12,18,21,25-29,32-36,41-42,44-45,57H,4-8,10-11,13-17,19-20,22-24,30-31,37-40,43,46-56H2,1-3H3/b12-9-,21-18-,28-25-,29-26-,34-27-,35-32-,36-33-,44-41-,45-42-. The Kier molecular flexibility index (Phi) is 50.5. The van der Waals surface area contributed by atoms with Crippen LogP contribution in [0.5, 0.6) is 0 Å². The van der Waals surface area contributed by atoms with E-state index in [9.17, 15) is 14.4 Å². The van der Waals surface area contributed by atoms with Gasteiger partial charge >= 0.3 is 17.9 Å². The van der Waals surface area contributed by atoms with Gasteiger partial charge in [0.15, 0.2) is 6.10 Å². The van der Waals surface area contributed by atoms with Gasteiger partial charge in [-0.15, -0.1) is 0 Å². The monoisotopic (exact) mass is 915 g/mol. The highest BCUT2D eigenvalue weighted by Gasteiger charge is 2.19. The number of unbranched alkanes of at least 4 members (excludes halogenated alkanes) is 18. The van der Waals surface area contributed by atoms with Crippen LogP contribution in [0.25, 0.3) is 0 Å². The number of hydrogen-bond donors (Lipinski definition) is 0. The fraction of sp³-hybridized carbons (Fsp3) is 0.650. The van der Waals surface area contributed by atoms with Gasteiger partial charge in [0.05, 0.1) is 0 Å². The molecule has 0 N–H and O–H groups in total. The van der Waals surface area contributed by atoms with E-state index in [1.165, 1.54) is 89.9 Å². The molecule has 0 bridgehead atoms. The first-order chi connectivity index (χ1) is 32.5. The molecule has 1 unspecified atom stereocenters. The van der Waals surface area contributed by atoms with E-state index in [2.05, 4.69) is 130 Å². The molecule has 0 fully saturated rings. The van der Waals surface area contributed by atoms with Crippen molar-refractivity contribution in [2.24, 2.45) is 0 Å². The summed E-state index contributed by atoms with van der Waals surface area (Å²) < 4.78 is 16.7. The molecule has 0 heterocycles. The van der Waals surface area contributed by atoms with E-state index in [0.29, 0.717) is 19.3 Å². The van der Waals surface area contributed by atoms with Crippen molar-refractivity contribution >= 4 is 17.9 Å². The van der Waals surface area contributed by atoms with Crippen LogP contribution in [0.2, 0.25) is 0 Å². The Morgan fingerprint density at radius 3 is 0.985 bits per heavy atom. The quantitative estimate of drug-likeness (QED) is 0.0262. The van der Waals surface area contributed by atoms with Gasteiger partial charge in [-0.1, -0.05) is 207 Å². The van der Waals surface area contributed by atoms with Gasteiger partial charge < -0.3 is 14.2 Å². The minimum atomic E-state index is -0.836. The maximum atomic E-state index is 12.8. The van der Waals surface area contributed by atoms with Gasteiger partial charge in [-0.3, -0.25) is 14.4 Å². The molecule has 0 aromatic carbocycles. The molecule has 66 heavy (non-hydrogen) atoms. The number of ether oxygens (including phenoxy) is 3. The van der Waals surface area contributed by atoms with Crippen LogP contribution in [-0.4, -0.2) is 37.2 Å². The van der Waals surface area contributed by atoms with Crippen LogP contribution in [0.15, 0.2) is 109 Å². The van der Waals surface area contributed by atoms with E-state index >= 15 is 0 Å². The molecule has 0 saturated heterocycles. The summed E-state index contributed by atoms with van der Waals surface area (Å²) in [5, 5.41) is 0. The minimum absolute atomic E-state index is 0.127. The van der Waals surface area contributed by atoms with Gasteiger partial charge in [-0.2, -0.15) is 0 Å². The molecule has 0 aromatic heterocycles. The van der Waals surface area contributed by atoms with Gasteiger partial charge in [0.2, 0.25) is 0 Å². The Hall–Kier alpha value is -3.93. The largest absolute Gasteiger partial charge is 0.462 e. The Morgan fingerprint density at radius 2 is 0.606 bits per heavy atom. The van der Waals surface area contributed by atoms with Crippen molar-refractivity contribution in [3.63, 3.8) is 0 Å². The number of esters is 3. The third-order valence-electron chi connectivity index (χ3n) is 11.0. The third kappa shape index (κ3) is 51.1. The van der Waals surface area contributed by atoms with Crippen molar-refractivity contribution in [1.29, 1.82) is 0 Å². The van der Waals surface area contributed by atoms with E-state index in [1.54, 1.807) is 0 Å². The lowest BCUT2D eigenvalue weighted by Gasteiger charge is -2.18. The van der Waals surface area contributed by atoms with Crippen LogP contribution in [-0.2, 0) is 28.6 Å². The molecule has 0 radical (unpaired) electrons. The second-order valence-corrected chi connectivity index (χ2v) is 17.4. The van der Waals surface area contributed by atoms with Crippen molar-refractivity contribution in [3.05, 3.63) is 109 Å². The smallest absolute Gasteiger partial charge is 0.306 e. The Labute approximate surface area is 406 Å². The van der Waals surface area contributed by atoms with Crippen LogP contribution >= 0.6 is 0 Å². The number of carbonyl (C=O) groups excluding carboxylic acids is 3. The summed E-state index contributed by atoms with van der Waals surface area (Å²) >= 11 is 0. The minimum Gasteiger partial charge on any atom is -0.462 e. The zero-order valence-electron chi connectivity index (χ0n) is 42.7. The van der Waals surface area contributed by atoms with E-state index in [4.69, 9.17) is 14.2 Å². The van der Waals surface area contributed by atoms with Gasteiger partial charge in [0.1, 0.15) is 13.2 Å². The molecule has 6 heteroatoms. The van der Waals surface area contributed by atoms with Crippen molar-refractivity contribution in [3.8, 4) is 0 Å². The van der Waals surface area contributed by atoms with Crippen LogP contribution in [0.1, 0.15) is 233 Å². The van der Waals surface area contributed by atoms with Crippen molar-refractivity contribution < 1.29 is 28.6 Å². The van der Waals surface area contributed by atoms with E-state index < -0.39 is 6.10 Å². The fourth-order valence-corrected chi connectivity index (χ4v) is 6.96. The molecule has 0 aliphatic carbocycles. The third-order valence-corrected chi connectivity index (χ3v) is 11.0. The zero-order valence-corrected chi connectivity index (χ0v) is 42.7. The second kappa shape index (κ2) is 53.7. The first kappa shape index (κ1) is 62.1. The first-order valence-electron chi connectivity index (χ1n) is 26.9. The number of rotatable bonds is 47. The van der Waals surface area contributed by atoms with Crippen LogP contribution < -0.4 is 0 Å². The molecule has 0 aliphatic rings. The number of hydrogen-bond acceptors (Lipinski definition) is 6. The van der Waals surface area contributed by atoms with Crippen LogP contribution in [0.3, 0.4) is 0 Å². The maximum absolute atomic E-state index is 12.8. The molecule has 6 nitrogen and oxygen atoms in total. The number of allylic oxidation sites excluding steroid dienone is 18. The predicted molar refractivity (Wildman–Crippen MR) is 283 cm³/mol. The van der Waals surface area contributed by atoms with E-state index in [-0.39, 0.29) is 44.0 Å². The lowest BCUT2D eigenvalue weighted by atomic mass is 10.1. The fourth-order valence-electron chi connectivity index (χ4n) is 6.96. The Morgan fingerprint density at radius 1 is 0.318 bits per heavy atom. The predicted octanol–water partition coefficient (Wildman–Crippen LogP) is 17.9. The highest BCUT2D eigenvalue weighted by Crippen LogP contribution is 2.12. The second-order valence-electron chi connectivity index (χ2n) is 17.4. The molecule has 0 saturated carbocycles. The summed E-state index contributed by atoms with van der Waals surface area (Å²) in [4.78, 5) is 38.0. The molecule has 0 aromatic rings. The van der Waals surface area contributed by atoms with Gasteiger partial charge in [0.25, 0.3) is 0 Å². The maximum Gasteiger partial charge on any atom is 0.306 e. The lowest BCUT2D eigenvalue weighted by Crippen LogP contribution is -2.30. The normalized spacial score (nSPS) is 13.0. The van der Waals surface area contributed by atoms with Crippen LogP contribution in [0, 0.1) is 0 Å². The van der Waals surface area contributed by atoms with Crippen molar-refractivity contribution in [2.75, 3.05) is 13.2 Å². The average molecular weight is 915 g/mol. The van der Waals surface area contributed by atoms with Gasteiger partial charge in [-0.05, 0) is 116 Å². The molecule has 1 atom stereocenters. The highest BCUT2D eigenvalue weighted by atomic mass is 16.6. The summed E-state index contributed by atoms with van der Waals surface area (Å²) in [6, 6.07) is 0. The van der Waals surface area contributed by atoms with E-state index in [1.807, 2.05) is 0 Å². The highest BCUT2D eigenvalue weighted by molar-refractivity contribution is 5.71. The Bertz CT molecular complexity index is 1370. The SMILES string of the molecule is CC/C=C\C/C=C\C/C=C\CCCCCCC(=O)OCC(COC(=O)CCC/C=C\C/C=C\C/C=C\CCCCCCCC)OC(=O)CCC/C=C\C/C=C\C/C=C\CCCCCCCC. The van der Waals surface area contributed by atoms with E-state index in [0.717, 1.165) is 89.9 Å². The summed E-state index contributed by atoms with van der Waals surface area (Å²) in [7, 11) is 0. The molecular formula is C60H98O6. The zero-order chi connectivity index (χ0) is 47.9. The molecule has 0 spiro atoms. The number of carbonyl (C=O) groups is 3. The Balaban J connectivity index is 4.59. The van der Waals surface area contributed by atoms with Gasteiger partial charge in [-0.25, -0.2) is 0 Å². The molecular weight excluding hydrogens is 817 g/mol. The molecule has 0 rings (SSSR count). The summed E-state index contributed by atoms with van der Waals surface area (Å²) in [6.45, 7) is 6.40. The average Bonchev–Trinajstić information content (AvgIpc) is 3.31. The van der Waals surface area contributed by atoms with Crippen molar-refractivity contribution in [2.45, 2.75) is 239 Å². The first-order valence-corrected chi connectivity index (χ1v) is 26.9. The van der Waals surface area contributed by atoms with Crippen LogP contribution in [0.4, 0.5) is 0 Å². The molecule has 0 amide bonds. The summed E-state index contributed by atoms with van der Waals surface area (Å²) in [5.74, 6) is -1.06. The summed E-state index contributed by atoms with van der Waals surface area (Å²) in [5.41, 5.74) is 0. The topological polar surface area (TPSA) is 78.9 Å².